The number of methoxy groups -OCH3 is 1. The number of ether oxygens (including phenoxy) is 2. The zero-order chi connectivity index (χ0) is 13.4. The fourth-order valence-electron chi connectivity index (χ4n) is 1.39. The molecule has 0 heterocycles. The van der Waals surface area contributed by atoms with Crippen molar-refractivity contribution in [3.63, 3.8) is 0 Å². The number of hydrogen-bond donors (Lipinski definition) is 2. The summed E-state index contributed by atoms with van der Waals surface area (Å²) in [6.45, 7) is 4.13. The first-order chi connectivity index (χ1) is 8.63. The average Bonchev–Trinajstić information content (AvgIpc) is 2.33. The van der Waals surface area contributed by atoms with Crippen LogP contribution in [-0.4, -0.2) is 38.1 Å². The van der Waals surface area contributed by atoms with E-state index in [2.05, 4.69) is 5.32 Å². The van der Waals surface area contributed by atoms with E-state index in [1.54, 1.807) is 14.0 Å². The van der Waals surface area contributed by atoms with E-state index < -0.39 is 6.10 Å². The first-order valence-electron chi connectivity index (χ1n) is 5.92. The van der Waals surface area contributed by atoms with Gasteiger partial charge in [0.1, 0.15) is 12.4 Å². The molecule has 0 aliphatic rings. The third-order valence-corrected chi connectivity index (χ3v) is 2.58. The molecule has 0 saturated carbocycles. The van der Waals surface area contributed by atoms with Crippen molar-refractivity contribution in [3.05, 3.63) is 28.8 Å². The molecule has 0 radical (unpaired) electrons. The summed E-state index contributed by atoms with van der Waals surface area (Å²) in [5.41, 5.74) is 1.08. The quantitative estimate of drug-likeness (QED) is 0.710. The molecule has 0 bridgehead atoms. The van der Waals surface area contributed by atoms with E-state index in [-0.39, 0.29) is 6.61 Å². The van der Waals surface area contributed by atoms with Gasteiger partial charge in [-0.25, -0.2) is 0 Å². The molecule has 1 rings (SSSR count). The molecule has 0 amide bonds. The first kappa shape index (κ1) is 15.2. The molecule has 18 heavy (non-hydrogen) atoms. The van der Waals surface area contributed by atoms with Crippen LogP contribution in [0.4, 0.5) is 0 Å². The van der Waals surface area contributed by atoms with Crippen LogP contribution in [0.25, 0.3) is 0 Å². The number of hydrogen-bond acceptors (Lipinski definition) is 4. The summed E-state index contributed by atoms with van der Waals surface area (Å²) in [6, 6.07) is 5.62. The van der Waals surface area contributed by atoms with Crippen LogP contribution >= 0.6 is 11.6 Å². The van der Waals surface area contributed by atoms with Gasteiger partial charge in [-0.15, -0.1) is 0 Å². The van der Waals surface area contributed by atoms with Gasteiger partial charge in [0.25, 0.3) is 0 Å². The second-order valence-electron chi connectivity index (χ2n) is 4.09. The highest BCUT2D eigenvalue weighted by atomic mass is 35.5. The molecule has 0 aliphatic heterocycles. The summed E-state index contributed by atoms with van der Waals surface area (Å²) in [7, 11) is 1.67. The zero-order valence-electron chi connectivity index (χ0n) is 10.8. The van der Waals surface area contributed by atoms with Crippen molar-refractivity contribution in [2.45, 2.75) is 19.6 Å². The lowest BCUT2D eigenvalue weighted by Gasteiger charge is -2.11. The number of aliphatic hydroxyl groups is 1. The van der Waals surface area contributed by atoms with Crippen molar-refractivity contribution in [1.29, 1.82) is 0 Å². The standard InChI is InChI=1S/C13H20ClNO3/c1-10(16)9-18-13-4-3-11(7-12(13)14)8-15-5-6-17-2/h3-4,7,10,15-16H,5-6,8-9H2,1-2H3. The van der Waals surface area contributed by atoms with Crippen LogP contribution in [0.1, 0.15) is 12.5 Å². The van der Waals surface area contributed by atoms with Crippen molar-refractivity contribution >= 4 is 11.6 Å². The number of nitrogens with one attached hydrogen (secondary N) is 1. The van der Waals surface area contributed by atoms with E-state index >= 15 is 0 Å². The maximum absolute atomic E-state index is 9.14. The molecule has 1 unspecified atom stereocenters. The molecule has 2 N–H and O–H groups in total. The van der Waals surface area contributed by atoms with E-state index in [1.807, 2.05) is 18.2 Å². The van der Waals surface area contributed by atoms with Gasteiger partial charge in [0.05, 0.1) is 17.7 Å². The van der Waals surface area contributed by atoms with E-state index in [1.165, 1.54) is 0 Å². The maximum atomic E-state index is 9.14. The highest BCUT2D eigenvalue weighted by molar-refractivity contribution is 6.32. The minimum absolute atomic E-state index is 0.241. The maximum Gasteiger partial charge on any atom is 0.138 e. The minimum Gasteiger partial charge on any atom is -0.489 e. The lowest BCUT2D eigenvalue weighted by atomic mass is 10.2. The normalized spacial score (nSPS) is 12.4. The largest absolute Gasteiger partial charge is 0.489 e. The summed E-state index contributed by atoms with van der Waals surface area (Å²) in [5.74, 6) is 0.596. The fraction of sp³-hybridized carbons (Fsp3) is 0.538. The number of halogens is 1. The second kappa shape index (κ2) is 8.32. The molecular weight excluding hydrogens is 254 g/mol. The molecule has 0 saturated heterocycles. The SMILES string of the molecule is COCCNCc1ccc(OCC(C)O)c(Cl)c1. The van der Waals surface area contributed by atoms with Gasteiger partial charge in [-0.3, -0.25) is 0 Å². The summed E-state index contributed by atoms with van der Waals surface area (Å²) in [5, 5.41) is 12.9. The van der Waals surface area contributed by atoms with Gasteiger partial charge >= 0.3 is 0 Å². The van der Waals surface area contributed by atoms with Gasteiger partial charge in [-0.1, -0.05) is 17.7 Å². The van der Waals surface area contributed by atoms with Crippen molar-refractivity contribution in [3.8, 4) is 5.75 Å². The van der Waals surface area contributed by atoms with Gasteiger partial charge in [0.15, 0.2) is 0 Å². The van der Waals surface area contributed by atoms with Crippen LogP contribution in [0.15, 0.2) is 18.2 Å². The molecular formula is C13H20ClNO3. The van der Waals surface area contributed by atoms with Gasteiger partial charge in [-0.05, 0) is 24.6 Å². The predicted molar refractivity (Wildman–Crippen MR) is 72.2 cm³/mol. The fourth-order valence-corrected chi connectivity index (χ4v) is 1.65. The second-order valence-corrected chi connectivity index (χ2v) is 4.50. The van der Waals surface area contributed by atoms with Crippen LogP contribution in [0.5, 0.6) is 5.75 Å². The monoisotopic (exact) mass is 273 g/mol. The predicted octanol–water partition coefficient (Wildman–Crippen LogP) is 1.84. The van der Waals surface area contributed by atoms with Crippen molar-refractivity contribution in [1.82, 2.24) is 5.32 Å². The third kappa shape index (κ3) is 5.69. The van der Waals surface area contributed by atoms with Crippen molar-refractivity contribution in [2.24, 2.45) is 0 Å². The summed E-state index contributed by atoms with van der Waals surface area (Å²) in [6.07, 6.45) is -0.503. The van der Waals surface area contributed by atoms with Crippen molar-refractivity contribution in [2.75, 3.05) is 26.9 Å². The topological polar surface area (TPSA) is 50.7 Å². The number of benzene rings is 1. The molecule has 4 nitrogen and oxygen atoms in total. The van der Waals surface area contributed by atoms with E-state index in [0.29, 0.717) is 17.4 Å². The highest BCUT2D eigenvalue weighted by Gasteiger charge is 2.04. The molecule has 5 heteroatoms. The van der Waals surface area contributed by atoms with Crippen LogP contribution < -0.4 is 10.1 Å². The summed E-state index contributed by atoms with van der Waals surface area (Å²) < 4.78 is 10.3. The van der Waals surface area contributed by atoms with Crippen molar-refractivity contribution < 1.29 is 14.6 Å². The number of rotatable bonds is 8. The van der Waals surface area contributed by atoms with Crippen LogP contribution in [-0.2, 0) is 11.3 Å². The van der Waals surface area contributed by atoms with Crippen LogP contribution in [0.3, 0.4) is 0 Å². The Morgan fingerprint density at radius 2 is 2.22 bits per heavy atom. The molecule has 102 valence electrons. The van der Waals surface area contributed by atoms with Gasteiger partial charge in [0.2, 0.25) is 0 Å². The smallest absolute Gasteiger partial charge is 0.138 e. The number of aliphatic hydroxyl groups excluding tert-OH is 1. The Hall–Kier alpha value is -0.810. The van der Waals surface area contributed by atoms with Gasteiger partial charge in [-0.2, -0.15) is 0 Å². The third-order valence-electron chi connectivity index (χ3n) is 2.29. The van der Waals surface area contributed by atoms with Crippen LogP contribution in [0.2, 0.25) is 5.02 Å². The Morgan fingerprint density at radius 1 is 1.44 bits per heavy atom. The Balaban J connectivity index is 2.46. The molecule has 1 aromatic rings. The Labute approximate surface area is 113 Å². The molecule has 0 fully saturated rings. The van der Waals surface area contributed by atoms with E-state index in [4.69, 9.17) is 26.2 Å². The zero-order valence-corrected chi connectivity index (χ0v) is 11.5. The Morgan fingerprint density at radius 3 is 2.83 bits per heavy atom. The van der Waals surface area contributed by atoms with E-state index in [0.717, 1.165) is 18.7 Å². The average molecular weight is 274 g/mol. The molecule has 0 spiro atoms. The molecule has 0 aromatic heterocycles. The minimum atomic E-state index is -0.503. The molecule has 1 aromatic carbocycles. The highest BCUT2D eigenvalue weighted by Crippen LogP contribution is 2.25. The van der Waals surface area contributed by atoms with E-state index in [9.17, 15) is 0 Å². The van der Waals surface area contributed by atoms with Gasteiger partial charge < -0.3 is 19.9 Å². The van der Waals surface area contributed by atoms with Gasteiger partial charge in [0, 0.05) is 20.2 Å². The Bertz CT molecular complexity index is 358. The first-order valence-corrected chi connectivity index (χ1v) is 6.30. The lowest BCUT2D eigenvalue weighted by Crippen LogP contribution is -2.18. The summed E-state index contributed by atoms with van der Waals surface area (Å²) in [4.78, 5) is 0. The van der Waals surface area contributed by atoms with Crippen LogP contribution in [0, 0.1) is 0 Å². The molecule has 0 aliphatic carbocycles. The Kier molecular flexibility index (Phi) is 7.05. The summed E-state index contributed by atoms with van der Waals surface area (Å²) >= 11 is 6.09. The lowest BCUT2D eigenvalue weighted by molar-refractivity contribution is 0.123. The molecule has 1 atom stereocenters.